The molecule has 2 aromatic rings. The summed E-state index contributed by atoms with van der Waals surface area (Å²) >= 11 is 0. The first-order chi connectivity index (χ1) is 6.81. The van der Waals surface area contributed by atoms with Crippen molar-refractivity contribution in [1.82, 2.24) is 10.1 Å². The lowest BCUT2D eigenvalue weighted by atomic mass is 10.3. The number of nitrogens with zero attached hydrogens (tertiary/aromatic N) is 2. The molecule has 0 atom stereocenters. The van der Waals surface area contributed by atoms with Gasteiger partial charge in [-0.25, -0.2) is 0 Å². The molecule has 0 aliphatic rings. The van der Waals surface area contributed by atoms with E-state index in [2.05, 4.69) is 10.1 Å². The van der Waals surface area contributed by atoms with Crippen LogP contribution in [0.5, 0.6) is 0 Å². The van der Waals surface area contributed by atoms with Crippen molar-refractivity contribution in [2.45, 2.75) is 13.3 Å². The van der Waals surface area contributed by atoms with Crippen LogP contribution in [0.15, 0.2) is 21.3 Å². The van der Waals surface area contributed by atoms with Crippen LogP contribution in [-0.4, -0.2) is 16.7 Å². The predicted molar refractivity (Wildman–Crippen MR) is 49.5 cm³/mol. The smallest absolute Gasteiger partial charge is 0.293 e. The molecular weight excluding hydrogens is 182 g/mol. The SMILES string of the molecule is Cc1ccoc1-c1nc(CCN)no1. The minimum atomic E-state index is 0.413. The average molecular weight is 193 g/mol. The number of hydrogen-bond acceptors (Lipinski definition) is 5. The molecule has 0 radical (unpaired) electrons. The lowest BCUT2D eigenvalue weighted by molar-refractivity contribution is 0.408. The number of aromatic nitrogens is 2. The fourth-order valence-electron chi connectivity index (χ4n) is 1.17. The van der Waals surface area contributed by atoms with E-state index in [0.29, 0.717) is 30.4 Å². The Kier molecular flexibility index (Phi) is 2.32. The number of furan rings is 1. The van der Waals surface area contributed by atoms with Crippen molar-refractivity contribution in [2.24, 2.45) is 5.73 Å². The van der Waals surface area contributed by atoms with E-state index in [1.54, 1.807) is 6.26 Å². The summed E-state index contributed by atoms with van der Waals surface area (Å²) in [6.45, 7) is 2.43. The molecule has 0 aromatic carbocycles. The normalized spacial score (nSPS) is 10.7. The van der Waals surface area contributed by atoms with Crippen LogP contribution in [0.25, 0.3) is 11.7 Å². The number of aryl methyl sites for hydroxylation is 1. The molecular formula is C9H11N3O2. The maximum absolute atomic E-state index is 5.37. The van der Waals surface area contributed by atoms with Crippen LogP contribution in [0.3, 0.4) is 0 Å². The zero-order chi connectivity index (χ0) is 9.97. The summed E-state index contributed by atoms with van der Waals surface area (Å²) < 4.78 is 10.2. The van der Waals surface area contributed by atoms with Gasteiger partial charge in [0, 0.05) is 12.0 Å². The van der Waals surface area contributed by atoms with Crippen molar-refractivity contribution >= 4 is 0 Å². The number of rotatable bonds is 3. The van der Waals surface area contributed by atoms with Gasteiger partial charge in [0.1, 0.15) is 0 Å². The first-order valence-electron chi connectivity index (χ1n) is 4.38. The van der Waals surface area contributed by atoms with Crippen molar-refractivity contribution in [3.8, 4) is 11.7 Å². The van der Waals surface area contributed by atoms with Gasteiger partial charge in [-0.3, -0.25) is 0 Å². The summed E-state index contributed by atoms with van der Waals surface area (Å²) in [5.41, 5.74) is 6.35. The van der Waals surface area contributed by atoms with Crippen molar-refractivity contribution in [1.29, 1.82) is 0 Å². The van der Waals surface area contributed by atoms with E-state index in [-0.39, 0.29) is 0 Å². The van der Waals surface area contributed by atoms with Crippen LogP contribution in [0, 0.1) is 6.92 Å². The summed E-state index contributed by atoms with van der Waals surface area (Å²) in [7, 11) is 0. The minimum absolute atomic E-state index is 0.413. The highest BCUT2D eigenvalue weighted by molar-refractivity contribution is 5.49. The zero-order valence-corrected chi connectivity index (χ0v) is 7.86. The fraction of sp³-hybridized carbons (Fsp3) is 0.333. The van der Waals surface area contributed by atoms with Crippen LogP contribution in [0.4, 0.5) is 0 Å². The molecule has 5 heteroatoms. The van der Waals surface area contributed by atoms with Crippen molar-refractivity contribution in [3.05, 3.63) is 23.7 Å². The maximum atomic E-state index is 5.37. The summed E-state index contributed by atoms with van der Waals surface area (Å²) in [4.78, 5) is 4.15. The highest BCUT2D eigenvalue weighted by atomic mass is 16.5. The van der Waals surface area contributed by atoms with Gasteiger partial charge in [-0.05, 0) is 19.5 Å². The second-order valence-corrected chi connectivity index (χ2v) is 2.99. The van der Waals surface area contributed by atoms with Crippen LogP contribution in [0.1, 0.15) is 11.4 Å². The fourth-order valence-corrected chi connectivity index (χ4v) is 1.17. The highest BCUT2D eigenvalue weighted by Gasteiger charge is 2.13. The summed E-state index contributed by atoms with van der Waals surface area (Å²) in [6.07, 6.45) is 2.21. The van der Waals surface area contributed by atoms with Crippen LogP contribution in [0.2, 0.25) is 0 Å². The second kappa shape index (κ2) is 3.63. The molecule has 0 aliphatic heterocycles. The molecule has 0 unspecified atom stereocenters. The van der Waals surface area contributed by atoms with E-state index < -0.39 is 0 Å². The van der Waals surface area contributed by atoms with Gasteiger partial charge in [0.25, 0.3) is 5.89 Å². The Labute approximate surface area is 80.9 Å². The standard InChI is InChI=1S/C9H11N3O2/c1-6-3-5-13-8(6)9-11-7(2-4-10)12-14-9/h3,5H,2,4,10H2,1H3. The molecule has 74 valence electrons. The zero-order valence-electron chi connectivity index (χ0n) is 7.86. The van der Waals surface area contributed by atoms with Gasteiger partial charge in [-0.1, -0.05) is 5.16 Å². The van der Waals surface area contributed by atoms with E-state index in [1.807, 2.05) is 13.0 Å². The maximum Gasteiger partial charge on any atom is 0.293 e. The van der Waals surface area contributed by atoms with E-state index in [0.717, 1.165) is 5.56 Å². The van der Waals surface area contributed by atoms with Crippen LogP contribution < -0.4 is 5.73 Å². The summed E-state index contributed by atoms with van der Waals surface area (Å²) in [5.74, 6) is 1.65. The van der Waals surface area contributed by atoms with Crippen LogP contribution >= 0.6 is 0 Å². The van der Waals surface area contributed by atoms with Gasteiger partial charge in [0.15, 0.2) is 11.6 Å². The molecule has 2 aromatic heterocycles. The topological polar surface area (TPSA) is 78.1 Å². The molecule has 0 spiro atoms. The van der Waals surface area contributed by atoms with E-state index >= 15 is 0 Å². The Morgan fingerprint density at radius 3 is 3.00 bits per heavy atom. The molecule has 0 saturated carbocycles. The molecule has 5 nitrogen and oxygen atoms in total. The third kappa shape index (κ3) is 1.54. The first-order valence-corrected chi connectivity index (χ1v) is 4.38. The van der Waals surface area contributed by atoms with E-state index in [1.165, 1.54) is 0 Å². The van der Waals surface area contributed by atoms with E-state index in [4.69, 9.17) is 14.7 Å². The summed E-state index contributed by atoms with van der Waals surface area (Å²) in [6, 6.07) is 1.85. The van der Waals surface area contributed by atoms with Gasteiger partial charge in [-0.15, -0.1) is 0 Å². The van der Waals surface area contributed by atoms with Crippen molar-refractivity contribution < 1.29 is 8.94 Å². The molecule has 14 heavy (non-hydrogen) atoms. The highest BCUT2D eigenvalue weighted by Crippen LogP contribution is 2.21. The van der Waals surface area contributed by atoms with Gasteiger partial charge < -0.3 is 14.7 Å². The van der Waals surface area contributed by atoms with E-state index in [9.17, 15) is 0 Å². The second-order valence-electron chi connectivity index (χ2n) is 2.99. The number of nitrogens with two attached hydrogens (primary N) is 1. The van der Waals surface area contributed by atoms with Gasteiger partial charge in [-0.2, -0.15) is 4.98 Å². The Morgan fingerprint density at radius 1 is 1.50 bits per heavy atom. The molecule has 0 saturated heterocycles. The van der Waals surface area contributed by atoms with Gasteiger partial charge in [0.2, 0.25) is 0 Å². The Hall–Kier alpha value is -1.62. The number of hydrogen-bond donors (Lipinski definition) is 1. The van der Waals surface area contributed by atoms with Crippen molar-refractivity contribution in [2.75, 3.05) is 6.54 Å². The molecule has 0 bridgehead atoms. The monoisotopic (exact) mass is 193 g/mol. The van der Waals surface area contributed by atoms with Gasteiger partial charge in [0.05, 0.1) is 6.26 Å². The molecule has 0 aliphatic carbocycles. The lowest BCUT2D eigenvalue weighted by Crippen LogP contribution is -2.03. The summed E-state index contributed by atoms with van der Waals surface area (Å²) in [5, 5.41) is 3.78. The quantitative estimate of drug-likeness (QED) is 0.790. The Balaban J connectivity index is 2.29. The lowest BCUT2D eigenvalue weighted by Gasteiger charge is -1.87. The minimum Gasteiger partial charge on any atom is -0.459 e. The Morgan fingerprint density at radius 2 is 2.36 bits per heavy atom. The van der Waals surface area contributed by atoms with Gasteiger partial charge >= 0.3 is 0 Å². The molecule has 0 fully saturated rings. The molecule has 2 rings (SSSR count). The first kappa shape index (κ1) is 8.96. The third-order valence-electron chi connectivity index (χ3n) is 1.89. The molecule has 2 heterocycles. The Bertz CT molecular complexity index is 419. The molecule has 0 amide bonds. The predicted octanol–water partition coefficient (Wildman–Crippen LogP) is 1.14. The average Bonchev–Trinajstić information content (AvgIpc) is 2.74. The third-order valence-corrected chi connectivity index (χ3v) is 1.89. The largest absolute Gasteiger partial charge is 0.459 e. The molecule has 2 N–H and O–H groups in total. The van der Waals surface area contributed by atoms with Crippen LogP contribution in [-0.2, 0) is 6.42 Å². The van der Waals surface area contributed by atoms with Crippen molar-refractivity contribution in [3.63, 3.8) is 0 Å².